The van der Waals surface area contributed by atoms with E-state index in [0.717, 1.165) is 24.2 Å². The fourth-order valence-corrected chi connectivity index (χ4v) is 3.27. The monoisotopic (exact) mass is 409 g/mol. The molecule has 7 nitrogen and oxygen atoms in total. The van der Waals surface area contributed by atoms with Crippen molar-refractivity contribution in [1.82, 2.24) is 10.6 Å². The second-order valence-corrected chi connectivity index (χ2v) is 7.00. The summed E-state index contributed by atoms with van der Waals surface area (Å²) in [6, 6.07) is 13.7. The quantitative estimate of drug-likeness (QED) is 0.572. The van der Waals surface area contributed by atoms with E-state index in [-0.39, 0.29) is 11.9 Å². The molecule has 0 fully saturated rings. The van der Waals surface area contributed by atoms with Gasteiger partial charge >= 0.3 is 6.03 Å². The average Bonchev–Trinajstić information content (AvgIpc) is 2.74. The Kier molecular flexibility index (Phi) is 6.95. The lowest BCUT2D eigenvalue weighted by atomic mass is 9.94. The summed E-state index contributed by atoms with van der Waals surface area (Å²) in [5.41, 5.74) is 2.28. The van der Waals surface area contributed by atoms with Gasteiger partial charge in [-0.1, -0.05) is 37.6 Å². The summed E-state index contributed by atoms with van der Waals surface area (Å²) in [5.74, 6) is 0.994. The largest absolute Gasteiger partial charge is 0.495 e. The number of nitrogens with one attached hydrogen (secondary N) is 3. The van der Waals surface area contributed by atoms with Crippen LogP contribution in [0.1, 0.15) is 38.3 Å². The molecule has 0 bridgehead atoms. The van der Waals surface area contributed by atoms with Gasteiger partial charge in [-0.2, -0.15) is 0 Å². The molecule has 0 aromatic heterocycles. The lowest BCUT2D eigenvalue weighted by Crippen LogP contribution is -2.45. The van der Waals surface area contributed by atoms with Gasteiger partial charge in [0.05, 0.1) is 31.0 Å². The third kappa shape index (κ3) is 4.92. The second kappa shape index (κ2) is 9.82. The van der Waals surface area contributed by atoms with Crippen LogP contribution in [0, 0.1) is 0 Å². The van der Waals surface area contributed by atoms with Gasteiger partial charge in [0.2, 0.25) is 0 Å². The maximum atomic E-state index is 13.1. The number of rotatable bonds is 8. The first-order valence-electron chi connectivity index (χ1n) is 9.99. The van der Waals surface area contributed by atoms with Gasteiger partial charge in [0.1, 0.15) is 11.5 Å². The lowest BCUT2D eigenvalue weighted by molar-refractivity contribution is -0.113. The molecule has 0 radical (unpaired) electrons. The maximum absolute atomic E-state index is 13.1. The number of benzene rings is 2. The number of unbranched alkanes of at least 4 members (excludes halogenated alkanes) is 1. The highest BCUT2D eigenvalue weighted by Crippen LogP contribution is 2.30. The highest BCUT2D eigenvalue weighted by Gasteiger charge is 2.31. The highest BCUT2D eigenvalue weighted by molar-refractivity contribution is 6.07. The third-order valence-corrected chi connectivity index (χ3v) is 4.85. The molecule has 0 saturated heterocycles. The first kappa shape index (κ1) is 21.2. The fraction of sp³-hybridized carbons (Fsp3) is 0.304. The molecule has 0 spiro atoms. The Bertz CT molecular complexity index is 938. The first-order valence-corrected chi connectivity index (χ1v) is 9.99. The van der Waals surface area contributed by atoms with Crippen molar-refractivity contribution in [3.8, 4) is 11.5 Å². The van der Waals surface area contributed by atoms with Gasteiger partial charge in [0.25, 0.3) is 5.91 Å². The van der Waals surface area contributed by atoms with Crippen molar-refractivity contribution in [3.63, 3.8) is 0 Å². The summed E-state index contributed by atoms with van der Waals surface area (Å²) >= 11 is 0. The van der Waals surface area contributed by atoms with E-state index in [4.69, 9.17) is 9.47 Å². The Hall–Kier alpha value is -3.48. The van der Waals surface area contributed by atoms with E-state index >= 15 is 0 Å². The summed E-state index contributed by atoms with van der Waals surface area (Å²) in [7, 11) is 1.55. The molecule has 2 aromatic carbocycles. The normalized spacial score (nSPS) is 15.8. The van der Waals surface area contributed by atoms with Gasteiger partial charge in [0.15, 0.2) is 0 Å². The molecular formula is C23H27N3O4. The molecule has 3 amide bonds. The number of ether oxygens (including phenoxy) is 2. The molecule has 7 heteroatoms. The average molecular weight is 409 g/mol. The number of anilines is 1. The summed E-state index contributed by atoms with van der Waals surface area (Å²) in [4.78, 5) is 25.2. The molecule has 0 aliphatic carbocycles. The van der Waals surface area contributed by atoms with E-state index < -0.39 is 6.04 Å². The van der Waals surface area contributed by atoms with Gasteiger partial charge in [-0.05, 0) is 43.2 Å². The number of hydrogen-bond acceptors (Lipinski definition) is 4. The van der Waals surface area contributed by atoms with Gasteiger partial charge in [-0.15, -0.1) is 0 Å². The molecule has 30 heavy (non-hydrogen) atoms. The Morgan fingerprint density at radius 3 is 2.57 bits per heavy atom. The number of allylic oxidation sites excluding steroid dienone is 1. The Labute approximate surface area is 176 Å². The molecule has 0 saturated carbocycles. The number of hydrogen-bond donors (Lipinski definition) is 3. The molecule has 2 aromatic rings. The van der Waals surface area contributed by atoms with Crippen molar-refractivity contribution in [3.05, 3.63) is 65.4 Å². The molecule has 3 rings (SSSR count). The fourth-order valence-electron chi connectivity index (χ4n) is 3.27. The van der Waals surface area contributed by atoms with E-state index in [1.807, 2.05) is 36.4 Å². The lowest BCUT2D eigenvalue weighted by Gasteiger charge is -2.29. The number of amides is 3. The molecule has 0 unspecified atom stereocenters. The number of para-hydroxylation sites is 2. The zero-order chi connectivity index (χ0) is 21.5. The topological polar surface area (TPSA) is 88.7 Å². The van der Waals surface area contributed by atoms with Gasteiger partial charge in [-0.25, -0.2) is 4.79 Å². The van der Waals surface area contributed by atoms with Crippen LogP contribution in [-0.4, -0.2) is 25.7 Å². The maximum Gasteiger partial charge on any atom is 0.319 e. The molecule has 1 atom stereocenters. The number of carbonyl (C=O) groups excluding carboxylic acids is 2. The van der Waals surface area contributed by atoms with Crippen molar-refractivity contribution < 1.29 is 19.1 Å². The summed E-state index contributed by atoms with van der Waals surface area (Å²) < 4.78 is 11.0. The van der Waals surface area contributed by atoms with E-state index in [0.29, 0.717) is 29.3 Å². The van der Waals surface area contributed by atoms with Crippen LogP contribution in [0.5, 0.6) is 11.5 Å². The number of carbonyl (C=O) groups is 2. The molecule has 3 N–H and O–H groups in total. The van der Waals surface area contributed by atoms with E-state index in [1.54, 1.807) is 26.2 Å². The second-order valence-electron chi connectivity index (χ2n) is 7.00. The zero-order valence-corrected chi connectivity index (χ0v) is 17.5. The van der Waals surface area contributed by atoms with Crippen molar-refractivity contribution in [1.29, 1.82) is 0 Å². The molecule has 1 heterocycles. The van der Waals surface area contributed by atoms with Crippen molar-refractivity contribution in [2.45, 2.75) is 32.7 Å². The summed E-state index contributed by atoms with van der Waals surface area (Å²) in [6.07, 6.45) is 2.05. The molecular weight excluding hydrogens is 382 g/mol. The Morgan fingerprint density at radius 1 is 1.13 bits per heavy atom. The van der Waals surface area contributed by atoms with Crippen LogP contribution in [0.25, 0.3) is 0 Å². The Balaban J connectivity index is 1.84. The summed E-state index contributed by atoms with van der Waals surface area (Å²) in [5, 5.41) is 8.41. The molecule has 1 aliphatic rings. The summed E-state index contributed by atoms with van der Waals surface area (Å²) in [6.45, 7) is 4.48. The van der Waals surface area contributed by atoms with Crippen LogP contribution in [0.4, 0.5) is 10.5 Å². The van der Waals surface area contributed by atoms with Crippen LogP contribution in [0.2, 0.25) is 0 Å². The smallest absolute Gasteiger partial charge is 0.319 e. The predicted octanol–water partition coefficient (Wildman–Crippen LogP) is 4.14. The van der Waals surface area contributed by atoms with Gasteiger partial charge in [-0.3, -0.25) is 4.79 Å². The van der Waals surface area contributed by atoms with Gasteiger partial charge < -0.3 is 25.4 Å². The van der Waals surface area contributed by atoms with Crippen molar-refractivity contribution in [2.24, 2.45) is 0 Å². The Morgan fingerprint density at radius 2 is 1.87 bits per heavy atom. The van der Waals surface area contributed by atoms with Crippen LogP contribution >= 0.6 is 0 Å². The first-order chi connectivity index (χ1) is 14.5. The zero-order valence-electron chi connectivity index (χ0n) is 17.5. The van der Waals surface area contributed by atoms with Gasteiger partial charge in [0, 0.05) is 5.70 Å². The number of methoxy groups -OCH3 is 1. The van der Waals surface area contributed by atoms with Crippen molar-refractivity contribution in [2.75, 3.05) is 19.0 Å². The number of urea groups is 1. The minimum absolute atomic E-state index is 0.322. The third-order valence-electron chi connectivity index (χ3n) is 4.85. The molecule has 158 valence electrons. The minimum atomic E-state index is -0.585. The van der Waals surface area contributed by atoms with E-state index in [9.17, 15) is 9.59 Å². The van der Waals surface area contributed by atoms with Crippen LogP contribution in [-0.2, 0) is 4.79 Å². The highest BCUT2D eigenvalue weighted by atomic mass is 16.5. The van der Waals surface area contributed by atoms with E-state index in [1.165, 1.54) is 0 Å². The van der Waals surface area contributed by atoms with Crippen LogP contribution < -0.4 is 25.4 Å². The molecule has 1 aliphatic heterocycles. The van der Waals surface area contributed by atoms with Crippen LogP contribution in [0.15, 0.2) is 59.8 Å². The predicted molar refractivity (Wildman–Crippen MR) is 116 cm³/mol. The van der Waals surface area contributed by atoms with Crippen LogP contribution in [0.3, 0.4) is 0 Å². The SMILES string of the molecule is CCCCOc1ccc([C@@H]2NC(=O)NC(C)=C2C(=O)Nc2ccccc2OC)cc1. The minimum Gasteiger partial charge on any atom is -0.495 e. The standard InChI is InChI=1S/C23H27N3O4/c1-4-5-14-30-17-12-10-16(11-13-17)21-20(15(2)24-23(28)26-21)22(27)25-18-8-6-7-9-19(18)29-3/h6-13,21H,4-5,14H2,1-3H3,(H,25,27)(H2,24,26,28)/t21-/m0/s1. The van der Waals surface area contributed by atoms with Crippen molar-refractivity contribution >= 4 is 17.6 Å². The van der Waals surface area contributed by atoms with E-state index in [2.05, 4.69) is 22.9 Å².